The summed E-state index contributed by atoms with van der Waals surface area (Å²) in [5.74, 6) is -2.03. The largest absolute Gasteiger partial charge is 0.418 e. The van der Waals surface area contributed by atoms with Crippen LogP contribution in [-0.4, -0.2) is 20.1 Å². The van der Waals surface area contributed by atoms with E-state index in [9.17, 15) is 22.0 Å². The van der Waals surface area contributed by atoms with Crippen molar-refractivity contribution in [1.29, 1.82) is 5.26 Å². The average molecular weight is 499 g/mol. The Morgan fingerprint density at radius 2 is 2.03 bits per heavy atom. The molecule has 8 nitrogen and oxygen atoms in total. The number of ether oxygens (including phenoxy) is 1. The predicted octanol–water partition coefficient (Wildman–Crippen LogP) is 4.00. The van der Waals surface area contributed by atoms with Crippen LogP contribution >= 0.6 is 11.6 Å². The van der Waals surface area contributed by atoms with E-state index in [1.165, 1.54) is 17.5 Å². The van der Waals surface area contributed by atoms with Crippen LogP contribution in [0.4, 0.5) is 19.3 Å². The summed E-state index contributed by atoms with van der Waals surface area (Å²) in [6, 6.07) is 7.14. The highest BCUT2D eigenvalue weighted by Crippen LogP contribution is 2.33. The number of benzene rings is 2. The van der Waals surface area contributed by atoms with Crippen LogP contribution in [0.3, 0.4) is 0 Å². The van der Waals surface area contributed by atoms with Gasteiger partial charge in [0.05, 0.1) is 33.9 Å². The highest BCUT2D eigenvalue weighted by molar-refractivity contribution is 8.42. The lowest BCUT2D eigenvalue weighted by Gasteiger charge is -2.18. The molecule has 2 N–H and O–H groups in total. The molecule has 0 spiro atoms. The maximum Gasteiger partial charge on any atom is 0.418 e. The molecular weight excluding hydrogens is 486 g/mol. The van der Waals surface area contributed by atoms with Gasteiger partial charge in [-0.15, -0.1) is 0 Å². The van der Waals surface area contributed by atoms with Crippen molar-refractivity contribution in [2.75, 3.05) is 5.32 Å². The van der Waals surface area contributed by atoms with Gasteiger partial charge in [0.25, 0.3) is 0 Å². The summed E-state index contributed by atoms with van der Waals surface area (Å²) in [6.45, 7) is 1.60. The normalized spacial score (nSPS) is 15.5. The number of hydrogen-bond acceptors (Lipinski definition) is 7. The molecule has 1 aliphatic rings. The number of carbonyl (C=O) groups is 1. The second-order valence-electron chi connectivity index (χ2n) is 6.26. The highest BCUT2D eigenvalue weighted by Gasteiger charge is 2.18. The Labute approximate surface area is 189 Å². The van der Waals surface area contributed by atoms with Crippen molar-refractivity contribution in [2.24, 2.45) is 4.99 Å². The second-order valence-corrected chi connectivity index (χ2v) is 10.2. The van der Waals surface area contributed by atoms with Crippen molar-refractivity contribution >= 4 is 47.6 Å². The quantitative estimate of drug-likeness (QED) is 0.642. The molecule has 2 unspecified atom stereocenters. The molecule has 1 heterocycles. The smallest absolute Gasteiger partial charge is 0.407 e. The van der Waals surface area contributed by atoms with Crippen molar-refractivity contribution < 1.29 is 26.7 Å². The fourth-order valence-electron chi connectivity index (χ4n) is 2.62. The number of nitriles is 1. The minimum Gasteiger partial charge on any atom is -0.407 e. The molecule has 0 radical (unpaired) electrons. The Bertz CT molecular complexity index is 1350. The molecule has 0 aromatic heterocycles. The van der Waals surface area contributed by atoms with Gasteiger partial charge in [0, 0.05) is 32.6 Å². The summed E-state index contributed by atoms with van der Waals surface area (Å²) in [4.78, 5) is 15.7. The average Bonchev–Trinajstić information content (AvgIpc) is 3.20. The summed E-state index contributed by atoms with van der Waals surface area (Å²) in [5, 5.41) is 15.2. The number of nitrogens with one attached hydrogen (secondary N) is 2. The zero-order valence-electron chi connectivity index (χ0n) is 16.1. The van der Waals surface area contributed by atoms with E-state index >= 15 is 0 Å². The van der Waals surface area contributed by atoms with Crippen LogP contribution < -0.4 is 15.4 Å². The third-order valence-corrected chi connectivity index (χ3v) is 6.98. The molecular formula is C19H13ClF2N4O4S2. The van der Waals surface area contributed by atoms with Gasteiger partial charge in [-0.25, -0.2) is 18.6 Å². The molecule has 13 heteroatoms. The van der Waals surface area contributed by atoms with Gasteiger partial charge < -0.3 is 10.1 Å². The van der Waals surface area contributed by atoms with Crippen LogP contribution in [0.15, 0.2) is 46.6 Å². The molecule has 0 fully saturated rings. The van der Waals surface area contributed by atoms with Gasteiger partial charge in [-0.3, -0.25) is 5.32 Å². The number of hydrogen-bond donors (Lipinski definition) is 2. The lowest BCUT2D eigenvalue weighted by molar-refractivity contribution is 0.201. The molecule has 0 bridgehead atoms. The van der Waals surface area contributed by atoms with E-state index in [4.69, 9.17) is 21.6 Å². The molecule has 3 rings (SSSR count). The fourth-order valence-corrected chi connectivity index (χ4v) is 4.44. The first-order valence-electron chi connectivity index (χ1n) is 8.69. The number of anilines is 1. The summed E-state index contributed by atoms with van der Waals surface area (Å²) in [7, 11) is -3.67. The van der Waals surface area contributed by atoms with Crippen LogP contribution in [0.1, 0.15) is 24.1 Å². The Kier molecular flexibility index (Phi) is 7.24. The molecule has 0 aliphatic carbocycles. The Balaban J connectivity index is 1.73. The lowest BCUT2D eigenvalue weighted by Crippen LogP contribution is -2.25. The first-order valence-corrected chi connectivity index (χ1v) is 12.0. The van der Waals surface area contributed by atoms with E-state index < -0.39 is 48.2 Å². The molecule has 1 amide bonds. The summed E-state index contributed by atoms with van der Waals surface area (Å²) in [6.07, 6.45) is -1.10. The van der Waals surface area contributed by atoms with Gasteiger partial charge in [-0.2, -0.15) is 13.7 Å². The molecule has 2 atom stereocenters. The molecule has 0 saturated carbocycles. The Hall–Kier alpha value is -3.27. The van der Waals surface area contributed by atoms with Crippen molar-refractivity contribution in [3.8, 4) is 11.8 Å². The van der Waals surface area contributed by atoms with Crippen LogP contribution in [0.2, 0.25) is 5.02 Å². The van der Waals surface area contributed by atoms with E-state index in [1.54, 1.807) is 6.92 Å². The predicted molar refractivity (Wildman–Crippen MR) is 117 cm³/mol. The van der Waals surface area contributed by atoms with E-state index in [0.29, 0.717) is 0 Å². The number of rotatable bonds is 5. The summed E-state index contributed by atoms with van der Waals surface area (Å²) in [5.41, 5.74) is 1.68. The molecule has 1 aliphatic heterocycles. The summed E-state index contributed by atoms with van der Waals surface area (Å²) < 4.78 is 55.2. The van der Waals surface area contributed by atoms with Gasteiger partial charge in [-0.05, 0) is 25.1 Å². The topological polar surface area (TPSA) is 121 Å². The van der Waals surface area contributed by atoms with Gasteiger partial charge in [0.2, 0.25) is 9.26 Å². The first kappa shape index (κ1) is 23.4. The van der Waals surface area contributed by atoms with Crippen LogP contribution in [0, 0.1) is 23.0 Å². The maximum absolute atomic E-state index is 14.5. The van der Waals surface area contributed by atoms with Crippen molar-refractivity contribution in [2.45, 2.75) is 13.0 Å². The lowest BCUT2D eigenvalue weighted by atomic mass is 10.0. The standard InChI is InChI=1S/C19H13ClF2N4O4S2/c1-10(12-4-11(7-23)2-3-14(12)21)25-16-6-15(22)17(5-13(16)20)30-19(27)26-18-8-31(9-24-18)32(28)29/h2-6,8-10,25H,1H3,(H,26,27). The Morgan fingerprint density at radius 1 is 1.28 bits per heavy atom. The fraction of sp³-hybridized carbons (Fsp3) is 0.105. The van der Waals surface area contributed by atoms with Gasteiger partial charge in [0.1, 0.15) is 11.6 Å². The second kappa shape index (κ2) is 9.90. The highest BCUT2D eigenvalue weighted by atomic mass is 35.5. The molecule has 0 saturated heterocycles. The number of amides is 1. The monoisotopic (exact) mass is 498 g/mol. The van der Waals surface area contributed by atoms with E-state index in [0.717, 1.165) is 23.7 Å². The molecule has 2 aromatic rings. The van der Waals surface area contributed by atoms with E-state index in [2.05, 4.69) is 15.6 Å². The summed E-state index contributed by atoms with van der Waals surface area (Å²) >= 11 is 6.15. The van der Waals surface area contributed by atoms with Crippen molar-refractivity contribution in [3.05, 3.63) is 69.3 Å². The number of carbonyl (C=O) groups excluding carboxylic acids is 1. The van der Waals surface area contributed by atoms with Crippen LogP contribution in [-0.2, 0) is 18.7 Å². The van der Waals surface area contributed by atoms with Crippen LogP contribution in [0.25, 0.3) is 0 Å². The minimum absolute atomic E-state index is 0.0145. The molecule has 2 aromatic carbocycles. The van der Waals surface area contributed by atoms with E-state index in [1.807, 2.05) is 6.07 Å². The minimum atomic E-state index is -2.41. The Morgan fingerprint density at radius 3 is 2.69 bits per heavy atom. The maximum atomic E-state index is 14.5. The SMILES string of the molecule is CC(Nc1cc(F)c(OC(=O)NC2=CS(=S(=O)=O)C=N2)cc1Cl)c1cc(C#N)ccc1F. The first-order chi connectivity index (χ1) is 15.2. The third kappa shape index (κ3) is 5.50. The molecule has 166 valence electrons. The van der Waals surface area contributed by atoms with Gasteiger partial charge >= 0.3 is 6.09 Å². The number of aliphatic imine (C=N–C) groups is 1. The molecule has 32 heavy (non-hydrogen) atoms. The van der Waals surface area contributed by atoms with Crippen molar-refractivity contribution in [3.63, 3.8) is 0 Å². The number of nitrogens with zero attached hydrogens (tertiary/aromatic N) is 2. The van der Waals surface area contributed by atoms with E-state index in [-0.39, 0.29) is 27.7 Å². The van der Waals surface area contributed by atoms with Crippen molar-refractivity contribution in [1.82, 2.24) is 5.32 Å². The van der Waals surface area contributed by atoms with Gasteiger partial charge in [0.15, 0.2) is 11.6 Å². The zero-order valence-corrected chi connectivity index (χ0v) is 18.5. The zero-order chi connectivity index (χ0) is 23.4. The number of halogens is 3. The van der Waals surface area contributed by atoms with Crippen LogP contribution in [0.5, 0.6) is 5.75 Å². The third-order valence-electron chi connectivity index (χ3n) is 4.10. The van der Waals surface area contributed by atoms with Gasteiger partial charge in [-0.1, -0.05) is 11.6 Å².